The minimum atomic E-state index is -4.71. The molecule has 138 valence electrons. The van der Waals surface area contributed by atoms with E-state index in [1.165, 1.54) is 12.1 Å². The first kappa shape index (κ1) is 18.3. The molecule has 3 aromatic rings. The number of hydrogen-bond acceptors (Lipinski definition) is 5. The van der Waals surface area contributed by atoms with Crippen LogP contribution in [0.5, 0.6) is 0 Å². The van der Waals surface area contributed by atoms with Gasteiger partial charge >= 0.3 is 6.18 Å². The van der Waals surface area contributed by atoms with E-state index in [9.17, 15) is 21.6 Å². The second kappa shape index (κ2) is 6.36. The summed E-state index contributed by atoms with van der Waals surface area (Å²) in [6.07, 6.45) is -4.71. The number of anilines is 1. The van der Waals surface area contributed by atoms with Crippen molar-refractivity contribution in [2.45, 2.75) is 18.2 Å². The van der Waals surface area contributed by atoms with Gasteiger partial charge in [0.05, 0.1) is 5.69 Å². The standard InChI is InChI=1S/C15H10ClF3N2O4S/c1-8-2-3-9(16)6-10(8)21-26(22,23)14-5-4-12(24-14)11-7-13(25-20-11)15(17,18)19/h2-7,21H,1H3. The molecule has 0 aliphatic carbocycles. The summed E-state index contributed by atoms with van der Waals surface area (Å²) in [5, 5.41) is 3.07. The summed E-state index contributed by atoms with van der Waals surface area (Å²) in [6, 6.07) is 7.54. The average Bonchev–Trinajstić information content (AvgIpc) is 3.18. The van der Waals surface area contributed by atoms with E-state index in [-0.39, 0.29) is 17.1 Å². The number of furan rings is 1. The quantitative estimate of drug-likeness (QED) is 0.677. The molecule has 0 unspecified atom stereocenters. The predicted octanol–water partition coefficient (Wildman–Crippen LogP) is 4.72. The molecule has 0 radical (unpaired) electrons. The van der Waals surface area contributed by atoms with Crippen LogP contribution >= 0.6 is 11.6 Å². The number of halogens is 4. The number of benzene rings is 1. The van der Waals surface area contributed by atoms with E-state index in [1.807, 2.05) is 0 Å². The molecule has 0 aliphatic rings. The Labute approximate surface area is 150 Å². The minimum Gasteiger partial charge on any atom is -0.441 e. The first-order chi connectivity index (χ1) is 12.1. The molecular weight excluding hydrogens is 397 g/mol. The highest BCUT2D eigenvalue weighted by atomic mass is 35.5. The van der Waals surface area contributed by atoms with Gasteiger partial charge in [0.25, 0.3) is 10.0 Å². The zero-order valence-electron chi connectivity index (χ0n) is 13.0. The van der Waals surface area contributed by atoms with Gasteiger partial charge in [-0.1, -0.05) is 22.8 Å². The van der Waals surface area contributed by atoms with E-state index in [2.05, 4.69) is 14.4 Å². The molecule has 0 atom stereocenters. The van der Waals surface area contributed by atoms with Crippen LogP contribution < -0.4 is 4.72 Å². The Hall–Kier alpha value is -2.46. The van der Waals surface area contributed by atoms with Gasteiger partial charge in [-0.15, -0.1) is 0 Å². The molecule has 2 aromatic heterocycles. The number of aryl methyl sites for hydroxylation is 1. The predicted molar refractivity (Wildman–Crippen MR) is 86.2 cm³/mol. The third kappa shape index (κ3) is 3.70. The van der Waals surface area contributed by atoms with Crippen molar-refractivity contribution in [3.8, 4) is 11.5 Å². The molecule has 0 fully saturated rings. The van der Waals surface area contributed by atoms with Crippen molar-refractivity contribution >= 4 is 27.3 Å². The van der Waals surface area contributed by atoms with Crippen LogP contribution in [0.1, 0.15) is 11.3 Å². The number of rotatable bonds is 4. The molecular formula is C15H10ClF3N2O4S. The number of aromatic nitrogens is 1. The van der Waals surface area contributed by atoms with Crippen LogP contribution in [-0.2, 0) is 16.2 Å². The SMILES string of the molecule is Cc1ccc(Cl)cc1NS(=O)(=O)c1ccc(-c2cc(C(F)(F)F)on2)o1. The zero-order valence-corrected chi connectivity index (χ0v) is 14.5. The molecule has 0 spiro atoms. The lowest BCUT2D eigenvalue weighted by atomic mass is 10.2. The lowest BCUT2D eigenvalue weighted by Crippen LogP contribution is -2.12. The monoisotopic (exact) mass is 406 g/mol. The molecule has 1 aromatic carbocycles. The Bertz CT molecular complexity index is 1060. The van der Waals surface area contributed by atoms with Crippen molar-refractivity contribution in [3.63, 3.8) is 0 Å². The van der Waals surface area contributed by atoms with Crippen LogP contribution in [0.3, 0.4) is 0 Å². The third-order valence-corrected chi connectivity index (χ3v) is 4.81. The van der Waals surface area contributed by atoms with E-state index in [1.54, 1.807) is 19.1 Å². The summed E-state index contributed by atoms with van der Waals surface area (Å²) in [7, 11) is -4.12. The Kier molecular flexibility index (Phi) is 4.49. The number of sulfonamides is 1. The van der Waals surface area contributed by atoms with E-state index in [0.29, 0.717) is 16.7 Å². The maximum atomic E-state index is 12.5. The molecule has 3 rings (SSSR count). The van der Waals surface area contributed by atoms with Crippen molar-refractivity contribution in [2.75, 3.05) is 4.72 Å². The van der Waals surface area contributed by atoms with Gasteiger partial charge in [0.2, 0.25) is 10.9 Å². The van der Waals surface area contributed by atoms with Gasteiger partial charge in [-0.25, -0.2) is 0 Å². The Morgan fingerprint density at radius 1 is 1.15 bits per heavy atom. The van der Waals surface area contributed by atoms with Crippen LogP contribution in [0.25, 0.3) is 11.5 Å². The Balaban J connectivity index is 1.89. The van der Waals surface area contributed by atoms with Gasteiger partial charge in [-0.2, -0.15) is 21.6 Å². The Morgan fingerprint density at radius 3 is 2.54 bits per heavy atom. The lowest BCUT2D eigenvalue weighted by molar-refractivity contribution is -0.155. The van der Waals surface area contributed by atoms with Crippen molar-refractivity contribution in [1.29, 1.82) is 0 Å². The summed E-state index contributed by atoms with van der Waals surface area (Å²) in [4.78, 5) is 0. The van der Waals surface area contributed by atoms with Gasteiger partial charge in [-0.3, -0.25) is 4.72 Å². The van der Waals surface area contributed by atoms with Crippen LogP contribution in [0.2, 0.25) is 5.02 Å². The number of nitrogens with one attached hydrogen (secondary N) is 1. The normalized spacial score (nSPS) is 12.3. The van der Waals surface area contributed by atoms with Crippen LogP contribution in [0.15, 0.2) is 50.4 Å². The van der Waals surface area contributed by atoms with Gasteiger partial charge in [0.15, 0.2) is 5.76 Å². The summed E-state index contributed by atoms with van der Waals surface area (Å²) >= 11 is 5.85. The molecule has 2 heterocycles. The van der Waals surface area contributed by atoms with Gasteiger partial charge < -0.3 is 8.94 Å². The fraction of sp³-hybridized carbons (Fsp3) is 0.133. The topological polar surface area (TPSA) is 85.3 Å². The second-order valence-electron chi connectivity index (χ2n) is 5.26. The van der Waals surface area contributed by atoms with Crippen LogP contribution in [-0.4, -0.2) is 13.6 Å². The Morgan fingerprint density at radius 2 is 1.88 bits per heavy atom. The fourth-order valence-electron chi connectivity index (χ4n) is 2.03. The van der Waals surface area contributed by atoms with Crippen molar-refractivity contribution in [1.82, 2.24) is 5.16 Å². The number of nitrogens with zero attached hydrogens (tertiary/aromatic N) is 1. The van der Waals surface area contributed by atoms with E-state index in [0.717, 1.165) is 6.07 Å². The minimum absolute atomic E-state index is 0.188. The van der Waals surface area contributed by atoms with E-state index in [4.69, 9.17) is 16.0 Å². The molecule has 1 N–H and O–H groups in total. The van der Waals surface area contributed by atoms with Crippen molar-refractivity contribution in [2.24, 2.45) is 0 Å². The molecule has 11 heteroatoms. The maximum absolute atomic E-state index is 12.5. The van der Waals surface area contributed by atoms with Gasteiger partial charge in [0.1, 0.15) is 5.69 Å². The molecule has 0 saturated carbocycles. The summed E-state index contributed by atoms with van der Waals surface area (Å²) in [5.74, 6) is -1.51. The first-order valence-corrected chi connectivity index (χ1v) is 8.85. The summed E-state index contributed by atoms with van der Waals surface area (Å²) in [6.45, 7) is 1.68. The highest BCUT2D eigenvalue weighted by Crippen LogP contribution is 2.33. The van der Waals surface area contributed by atoms with Gasteiger partial charge in [-0.05, 0) is 36.8 Å². The maximum Gasteiger partial charge on any atom is 0.452 e. The molecule has 0 saturated heterocycles. The first-order valence-electron chi connectivity index (χ1n) is 6.99. The zero-order chi connectivity index (χ0) is 19.1. The van der Waals surface area contributed by atoms with Crippen LogP contribution in [0, 0.1) is 6.92 Å². The third-order valence-electron chi connectivity index (χ3n) is 3.33. The van der Waals surface area contributed by atoms with Crippen LogP contribution in [0.4, 0.5) is 18.9 Å². The average molecular weight is 407 g/mol. The second-order valence-corrected chi connectivity index (χ2v) is 7.31. The lowest BCUT2D eigenvalue weighted by Gasteiger charge is -2.09. The molecule has 0 aliphatic heterocycles. The number of hydrogen-bond donors (Lipinski definition) is 1. The largest absolute Gasteiger partial charge is 0.452 e. The van der Waals surface area contributed by atoms with E-state index >= 15 is 0 Å². The highest BCUT2D eigenvalue weighted by molar-refractivity contribution is 7.92. The smallest absolute Gasteiger partial charge is 0.441 e. The molecule has 0 amide bonds. The summed E-state index contributed by atoms with van der Waals surface area (Å²) in [5.41, 5.74) is 0.588. The van der Waals surface area contributed by atoms with Crippen molar-refractivity contribution < 1.29 is 30.5 Å². The number of alkyl halides is 3. The molecule has 26 heavy (non-hydrogen) atoms. The van der Waals surface area contributed by atoms with Crippen molar-refractivity contribution in [3.05, 3.63) is 52.7 Å². The highest BCUT2D eigenvalue weighted by Gasteiger charge is 2.36. The molecule has 0 bridgehead atoms. The fourth-order valence-corrected chi connectivity index (χ4v) is 3.26. The van der Waals surface area contributed by atoms with Gasteiger partial charge in [0, 0.05) is 11.1 Å². The summed E-state index contributed by atoms with van der Waals surface area (Å²) < 4.78 is 74.1. The molecule has 6 nitrogen and oxygen atoms in total. The van der Waals surface area contributed by atoms with E-state index < -0.39 is 27.1 Å².